The van der Waals surface area contributed by atoms with Gasteiger partial charge in [0.15, 0.2) is 11.5 Å². The number of hydrogen-bond donors (Lipinski definition) is 0. The maximum Gasteiger partial charge on any atom is 0.254 e. The summed E-state index contributed by atoms with van der Waals surface area (Å²) in [7, 11) is 6.55. The van der Waals surface area contributed by atoms with Gasteiger partial charge >= 0.3 is 0 Å². The minimum atomic E-state index is -0.601. The first-order valence-corrected chi connectivity index (χ1v) is 14.5. The molecule has 9 heteroatoms. The van der Waals surface area contributed by atoms with Gasteiger partial charge in [-0.1, -0.05) is 24.3 Å². The number of para-hydroxylation sites is 2. The Morgan fingerprint density at radius 3 is 2.10 bits per heavy atom. The summed E-state index contributed by atoms with van der Waals surface area (Å²) in [5.41, 5.74) is 3.06. The highest BCUT2D eigenvalue weighted by Crippen LogP contribution is 2.46. The van der Waals surface area contributed by atoms with Crippen molar-refractivity contribution in [2.45, 2.75) is 16.9 Å². The molecule has 1 fully saturated rings. The number of piperazine rings is 1. The largest absolute Gasteiger partial charge is 0.495 e. The highest BCUT2D eigenvalue weighted by molar-refractivity contribution is 7.98. The number of thioether (sulfide) groups is 1. The minimum absolute atomic E-state index is 0.00793. The number of nitrogens with zero attached hydrogens (tertiary/aromatic N) is 3. The van der Waals surface area contributed by atoms with E-state index in [0.29, 0.717) is 48.8 Å². The second kappa shape index (κ2) is 11.7. The fourth-order valence-electron chi connectivity index (χ4n) is 5.79. The summed E-state index contributed by atoms with van der Waals surface area (Å²) in [6, 6.07) is 19.1. The fourth-order valence-corrected chi connectivity index (χ4v) is 6.20. The number of likely N-dealkylation sites (N-methyl/N-ethyl adjacent to an activating group) is 1. The van der Waals surface area contributed by atoms with Gasteiger partial charge in [-0.05, 0) is 53.8 Å². The molecular formula is C31H35N3O5S. The molecule has 0 N–H and O–H groups in total. The molecule has 3 aromatic carbocycles. The van der Waals surface area contributed by atoms with Gasteiger partial charge < -0.3 is 28.9 Å². The van der Waals surface area contributed by atoms with Crippen molar-refractivity contribution in [2.75, 3.05) is 65.7 Å². The van der Waals surface area contributed by atoms with Gasteiger partial charge in [-0.15, -0.1) is 11.8 Å². The first kappa shape index (κ1) is 27.7. The van der Waals surface area contributed by atoms with Crippen molar-refractivity contribution in [2.24, 2.45) is 0 Å². The number of fused-ring (bicyclic) bond motifs is 1. The van der Waals surface area contributed by atoms with Crippen molar-refractivity contribution in [3.05, 3.63) is 77.4 Å². The molecule has 2 aliphatic rings. The lowest BCUT2D eigenvalue weighted by Gasteiger charge is -2.43. The topological polar surface area (TPSA) is 71.6 Å². The summed E-state index contributed by atoms with van der Waals surface area (Å²) in [4.78, 5) is 35.1. The molecule has 0 aromatic heterocycles. The Hall–Kier alpha value is -3.85. The third-order valence-electron chi connectivity index (χ3n) is 7.92. The van der Waals surface area contributed by atoms with E-state index in [9.17, 15) is 9.59 Å². The summed E-state index contributed by atoms with van der Waals surface area (Å²) in [5, 5.41) is 0. The SMILES string of the molecule is COc1cc2c(cc1OC)[C@H](C(=O)N1CCN(c3ccccc3OC)CC1)[C@@H](c1ccc(SC)cc1)N(C)C2=O. The van der Waals surface area contributed by atoms with Gasteiger partial charge in [0.1, 0.15) is 5.75 Å². The maximum absolute atomic E-state index is 14.5. The number of benzene rings is 3. The zero-order chi connectivity index (χ0) is 28.4. The molecule has 3 aromatic rings. The molecule has 0 aliphatic carbocycles. The molecule has 210 valence electrons. The summed E-state index contributed by atoms with van der Waals surface area (Å²) < 4.78 is 16.7. The molecule has 0 unspecified atom stereocenters. The second-order valence-electron chi connectivity index (χ2n) is 9.89. The Kier molecular flexibility index (Phi) is 8.12. The molecule has 0 saturated carbocycles. The van der Waals surface area contributed by atoms with Crippen LogP contribution >= 0.6 is 11.8 Å². The van der Waals surface area contributed by atoms with Gasteiger partial charge in [-0.25, -0.2) is 0 Å². The first-order valence-electron chi connectivity index (χ1n) is 13.3. The number of rotatable bonds is 7. The number of anilines is 1. The smallest absolute Gasteiger partial charge is 0.254 e. The van der Waals surface area contributed by atoms with Gasteiger partial charge in [0, 0.05) is 43.7 Å². The quantitative estimate of drug-likeness (QED) is 0.388. The van der Waals surface area contributed by atoms with E-state index in [4.69, 9.17) is 14.2 Å². The molecule has 2 atom stereocenters. The van der Waals surface area contributed by atoms with E-state index >= 15 is 0 Å². The van der Waals surface area contributed by atoms with Crippen LogP contribution in [0.5, 0.6) is 17.2 Å². The second-order valence-corrected chi connectivity index (χ2v) is 10.8. The number of ether oxygens (including phenoxy) is 3. The van der Waals surface area contributed by atoms with Crippen LogP contribution in [0.4, 0.5) is 5.69 Å². The van der Waals surface area contributed by atoms with Crippen LogP contribution in [-0.2, 0) is 4.79 Å². The van der Waals surface area contributed by atoms with Crippen molar-refractivity contribution in [1.82, 2.24) is 9.80 Å². The average Bonchev–Trinajstić information content (AvgIpc) is 3.01. The van der Waals surface area contributed by atoms with Crippen LogP contribution in [0.1, 0.15) is 33.4 Å². The average molecular weight is 562 g/mol. The minimum Gasteiger partial charge on any atom is -0.495 e. The Balaban J connectivity index is 1.52. The normalized spacial score (nSPS) is 18.8. The Labute approximate surface area is 239 Å². The standard InChI is InChI=1S/C31H35N3O5S/c1-32-29(20-10-12-21(40-5)13-11-20)28(22-18-26(38-3)27(39-4)19-23(22)30(32)35)31(36)34-16-14-33(15-17-34)24-8-6-7-9-25(24)37-2/h6-13,18-19,28-29H,14-17H2,1-5H3/t28-,29+/m0/s1. The maximum atomic E-state index is 14.5. The van der Waals surface area contributed by atoms with E-state index in [1.807, 2.05) is 59.7 Å². The van der Waals surface area contributed by atoms with Crippen molar-refractivity contribution < 1.29 is 23.8 Å². The van der Waals surface area contributed by atoms with Crippen LogP contribution in [-0.4, -0.2) is 82.4 Å². The molecule has 2 amide bonds. The van der Waals surface area contributed by atoms with Gasteiger partial charge in [0.2, 0.25) is 5.91 Å². The monoisotopic (exact) mass is 561 g/mol. The number of carbonyl (C=O) groups is 2. The predicted octanol–water partition coefficient (Wildman–Crippen LogP) is 4.69. The molecule has 2 heterocycles. The predicted molar refractivity (Wildman–Crippen MR) is 157 cm³/mol. The molecule has 8 nitrogen and oxygen atoms in total. The number of amides is 2. The molecule has 2 aliphatic heterocycles. The van der Waals surface area contributed by atoms with Crippen molar-refractivity contribution >= 4 is 29.3 Å². The molecule has 0 bridgehead atoms. The molecule has 40 heavy (non-hydrogen) atoms. The van der Waals surface area contributed by atoms with Crippen LogP contribution < -0.4 is 19.1 Å². The van der Waals surface area contributed by atoms with Crippen LogP contribution in [0.2, 0.25) is 0 Å². The highest BCUT2D eigenvalue weighted by atomic mass is 32.2. The third-order valence-corrected chi connectivity index (χ3v) is 8.66. The van der Waals surface area contributed by atoms with Gasteiger partial charge in [-0.2, -0.15) is 0 Å². The third kappa shape index (κ3) is 4.94. The van der Waals surface area contributed by atoms with Crippen molar-refractivity contribution in [3.8, 4) is 17.2 Å². The zero-order valence-corrected chi connectivity index (χ0v) is 24.4. The molecule has 5 rings (SSSR count). The lowest BCUT2D eigenvalue weighted by Crippen LogP contribution is -2.53. The van der Waals surface area contributed by atoms with Crippen LogP contribution in [0.3, 0.4) is 0 Å². The molecule has 0 radical (unpaired) electrons. The Morgan fingerprint density at radius 1 is 0.850 bits per heavy atom. The number of carbonyl (C=O) groups excluding carboxylic acids is 2. The van der Waals surface area contributed by atoms with Crippen molar-refractivity contribution in [1.29, 1.82) is 0 Å². The summed E-state index contributed by atoms with van der Waals surface area (Å²) in [6.45, 7) is 2.48. The fraction of sp³-hybridized carbons (Fsp3) is 0.355. The number of hydrogen-bond acceptors (Lipinski definition) is 7. The molecule has 1 saturated heterocycles. The van der Waals surface area contributed by atoms with Gasteiger partial charge in [0.25, 0.3) is 5.91 Å². The van der Waals surface area contributed by atoms with E-state index in [2.05, 4.69) is 4.90 Å². The van der Waals surface area contributed by atoms with Crippen molar-refractivity contribution in [3.63, 3.8) is 0 Å². The van der Waals surface area contributed by atoms with E-state index in [1.54, 1.807) is 57.2 Å². The zero-order valence-electron chi connectivity index (χ0n) is 23.5. The van der Waals surface area contributed by atoms with Crippen LogP contribution in [0.25, 0.3) is 0 Å². The number of methoxy groups -OCH3 is 3. The summed E-state index contributed by atoms with van der Waals surface area (Å²) >= 11 is 1.65. The Bertz CT molecular complexity index is 1390. The highest BCUT2D eigenvalue weighted by Gasteiger charge is 2.45. The lowest BCUT2D eigenvalue weighted by molar-refractivity contribution is -0.134. The van der Waals surface area contributed by atoms with E-state index in [1.165, 1.54) is 0 Å². The van der Waals surface area contributed by atoms with E-state index in [-0.39, 0.29) is 11.8 Å². The van der Waals surface area contributed by atoms with E-state index < -0.39 is 12.0 Å². The summed E-state index contributed by atoms with van der Waals surface area (Å²) in [5.74, 6) is 1.01. The van der Waals surface area contributed by atoms with Gasteiger partial charge in [0.05, 0.1) is 39.0 Å². The van der Waals surface area contributed by atoms with Crippen LogP contribution in [0.15, 0.2) is 65.6 Å². The summed E-state index contributed by atoms with van der Waals surface area (Å²) in [6.07, 6.45) is 2.03. The lowest BCUT2D eigenvalue weighted by atomic mass is 9.78. The van der Waals surface area contributed by atoms with Gasteiger partial charge in [-0.3, -0.25) is 9.59 Å². The van der Waals surface area contributed by atoms with Crippen LogP contribution in [0, 0.1) is 0 Å². The molecule has 0 spiro atoms. The Morgan fingerprint density at radius 2 is 1.48 bits per heavy atom. The molecular weight excluding hydrogens is 526 g/mol. The van der Waals surface area contributed by atoms with E-state index in [0.717, 1.165) is 21.9 Å². The first-order chi connectivity index (χ1) is 19.4.